The topological polar surface area (TPSA) is 60.1 Å². The number of hydrogen-bond acceptors (Lipinski definition) is 2. The summed E-state index contributed by atoms with van der Waals surface area (Å²) in [4.78, 5) is 12.3. The number of nitrogens with one attached hydrogen (secondary N) is 1. The molecule has 0 aliphatic heterocycles. The van der Waals surface area contributed by atoms with E-state index in [1.54, 1.807) is 0 Å². The Labute approximate surface area is 145 Å². The van der Waals surface area contributed by atoms with E-state index in [4.69, 9.17) is 5.73 Å². The van der Waals surface area contributed by atoms with Gasteiger partial charge < -0.3 is 15.6 Å². The second-order valence-corrected chi connectivity index (χ2v) is 6.04. The van der Waals surface area contributed by atoms with Crippen molar-refractivity contribution in [2.75, 3.05) is 6.54 Å². The van der Waals surface area contributed by atoms with Crippen molar-refractivity contribution >= 4 is 34.2 Å². The predicted molar refractivity (Wildman–Crippen MR) is 96.2 cm³/mol. The van der Waals surface area contributed by atoms with Crippen molar-refractivity contribution in [3.8, 4) is 5.69 Å². The first-order chi connectivity index (χ1) is 9.95. The predicted octanol–water partition coefficient (Wildman–Crippen LogP) is 3.36. The van der Waals surface area contributed by atoms with Gasteiger partial charge in [-0.1, -0.05) is 12.1 Å². The molecular formula is C16H21BrClN3O. The second kappa shape index (κ2) is 7.81. The molecule has 22 heavy (non-hydrogen) atoms. The van der Waals surface area contributed by atoms with E-state index in [1.165, 1.54) is 0 Å². The quantitative estimate of drug-likeness (QED) is 0.846. The van der Waals surface area contributed by atoms with Gasteiger partial charge in [-0.2, -0.15) is 0 Å². The first kappa shape index (κ1) is 18.7. The minimum Gasteiger partial charge on any atom is -0.348 e. The molecule has 4 nitrogen and oxygen atoms in total. The summed E-state index contributed by atoms with van der Waals surface area (Å²) in [5.74, 6) is -0.0839. The fourth-order valence-electron chi connectivity index (χ4n) is 2.36. The number of para-hydroxylation sites is 1. The maximum atomic E-state index is 12.3. The molecule has 0 bridgehead atoms. The largest absolute Gasteiger partial charge is 0.348 e. The first-order valence-corrected chi connectivity index (χ1v) is 7.69. The van der Waals surface area contributed by atoms with Gasteiger partial charge in [0.2, 0.25) is 0 Å². The third-order valence-corrected chi connectivity index (χ3v) is 4.17. The molecule has 120 valence electrons. The number of rotatable bonds is 4. The summed E-state index contributed by atoms with van der Waals surface area (Å²) in [6.45, 7) is 6.27. The summed E-state index contributed by atoms with van der Waals surface area (Å²) >= 11 is 3.56. The highest BCUT2D eigenvalue weighted by Gasteiger charge is 2.18. The molecule has 0 aliphatic carbocycles. The maximum Gasteiger partial charge on any atom is 0.253 e. The lowest BCUT2D eigenvalue weighted by Crippen LogP contribution is -2.37. The van der Waals surface area contributed by atoms with Crippen LogP contribution in [0.3, 0.4) is 0 Å². The van der Waals surface area contributed by atoms with Crippen molar-refractivity contribution in [1.82, 2.24) is 9.88 Å². The summed E-state index contributed by atoms with van der Waals surface area (Å²) in [5, 5.41) is 2.90. The minimum atomic E-state index is -0.0839. The lowest BCUT2D eigenvalue weighted by Gasteiger charge is -2.13. The number of carbonyl (C=O) groups is 1. The van der Waals surface area contributed by atoms with E-state index < -0.39 is 0 Å². The molecule has 2 rings (SSSR count). The lowest BCUT2D eigenvalue weighted by atomic mass is 10.2. The van der Waals surface area contributed by atoms with Crippen molar-refractivity contribution in [3.63, 3.8) is 0 Å². The molecule has 0 saturated carbocycles. The zero-order valence-corrected chi connectivity index (χ0v) is 15.3. The number of aromatic nitrogens is 1. The highest BCUT2D eigenvalue weighted by Crippen LogP contribution is 2.26. The summed E-state index contributed by atoms with van der Waals surface area (Å²) in [6.07, 6.45) is 0. The molecule has 0 radical (unpaired) electrons. The molecule has 0 unspecified atom stereocenters. The van der Waals surface area contributed by atoms with Crippen molar-refractivity contribution in [2.24, 2.45) is 5.73 Å². The van der Waals surface area contributed by atoms with Gasteiger partial charge in [0.15, 0.2) is 0 Å². The number of amides is 1. The van der Waals surface area contributed by atoms with Gasteiger partial charge in [-0.05, 0) is 54.9 Å². The monoisotopic (exact) mass is 385 g/mol. The van der Waals surface area contributed by atoms with Crippen LogP contribution in [0.25, 0.3) is 5.69 Å². The van der Waals surface area contributed by atoms with Crippen molar-refractivity contribution in [1.29, 1.82) is 0 Å². The standard InChI is InChI=1S/C16H20BrN3O.ClH/c1-10(9-18)19-16(21)13-8-11(2)20(12(13)3)15-7-5-4-6-14(15)17;/h4-8,10H,9,18H2,1-3H3,(H,19,21);1H/t10-;/m0./s1. The Hall–Kier alpha value is -1.30. The van der Waals surface area contributed by atoms with Gasteiger partial charge in [-0.3, -0.25) is 4.79 Å². The number of nitrogens with two attached hydrogens (primary N) is 1. The Morgan fingerprint density at radius 3 is 2.59 bits per heavy atom. The SMILES string of the molecule is Cc1cc(C(=O)N[C@@H](C)CN)c(C)n1-c1ccccc1Br.Cl. The highest BCUT2D eigenvalue weighted by molar-refractivity contribution is 9.10. The van der Waals surface area contributed by atoms with Crippen LogP contribution in [0.15, 0.2) is 34.8 Å². The van der Waals surface area contributed by atoms with Crippen molar-refractivity contribution in [2.45, 2.75) is 26.8 Å². The van der Waals surface area contributed by atoms with E-state index in [2.05, 4.69) is 25.8 Å². The average molecular weight is 387 g/mol. The summed E-state index contributed by atoms with van der Waals surface area (Å²) < 4.78 is 3.07. The normalized spacial score (nSPS) is 11.7. The Balaban J connectivity index is 0.00000242. The smallest absolute Gasteiger partial charge is 0.253 e. The number of nitrogens with zero attached hydrogens (tertiary/aromatic N) is 1. The summed E-state index contributed by atoms with van der Waals surface area (Å²) in [7, 11) is 0. The molecule has 1 amide bonds. The Morgan fingerprint density at radius 1 is 1.36 bits per heavy atom. The van der Waals surface area contributed by atoms with Crippen LogP contribution in [0.1, 0.15) is 28.7 Å². The second-order valence-electron chi connectivity index (χ2n) is 5.18. The van der Waals surface area contributed by atoms with Crippen molar-refractivity contribution < 1.29 is 4.79 Å². The summed E-state index contributed by atoms with van der Waals surface area (Å²) in [6, 6.07) is 9.84. The van der Waals surface area contributed by atoms with Crippen LogP contribution in [0.2, 0.25) is 0 Å². The molecule has 0 spiro atoms. The van der Waals surface area contributed by atoms with Crippen LogP contribution in [0.4, 0.5) is 0 Å². The van der Waals surface area contributed by atoms with E-state index in [0.29, 0.717) is 12.1 Å². The van der Waals surface area contributed by atoms with Gasteiger partial charge in [0.05, 0.1) is 11.3 Å². The maximum absolute atomic E-state index is 12.3. The number of carbonyl (C=O) groups excluding carboxylic acids is 1. The van der Waals surface area contributed by atoms with Gasteiger partial charge in [-0.25, -0.2) is 0 Å². The van der Waals surface area contributed by atoms with Crippen LogP contribution in [-0.2, 0) is 0 Å². The zero-order valence-electron chi connectivity index (χ0n) is 12.9. The van der Waals surface area contributed by atoms with Crippen LogP contribution < -0.4 is 11.1 Å². The number of halogens is 2. The molecule has 1 heterocycles. The van der Waals surface area contributed by atoms with E-state index >= 15 is 0 Å². The van der Waals surface area contributed by atoms with E-state index in [9.17, 15) is 4.79 Å². The molecule has 0 fully saturated rings. The van der Waals surface area contributed by atoms with Gasteiger partial charge in [0, 0.05) is 28.4 Å². The molecule has 3 N–H and O–H groups in total. The highest BCUT2D eigenvalue weighted by atomic mass is 79.9. The molecule has 0 saturated heterocycles. The average Bonchev–Trinajstić information content (AvgIpc) is 2.75. The van der Waals surface area contributed by atoms with Gasteiger partial charge in [0.25, 0.3) is 5.91 Å². The van der Waals surface area contributed by atoms with Crippen LogP contribution >= 0.6 is 28.3 Å². The van der Waals surface area contributed by atoms with Gasteiger partial charge in [0.1, 0.15) is 0 Å². The van der Waals surface area contributed by atoms with E-state index in [1.807, 2.05) is 51.1 Å². The summed E-state index contributed by atoms with van der Waals surface area (Å²) in [5.41, 5.74) is 9.20. The first-order valence-electron chi connectivity index (χ1n) is 6.90. The third-order valence-electron chi connectivity index (χ3n) is 3.50. The molecule has 0 aliphatic rings. The Bertz CT molecular complexity index is 669. The Kier molecular flexibility index (Phi) is 6.66. The number of hydrogen-bond donors (Lipinski definition) is 2. The van der Waals surface area contributed by atoms with Gasteiger partial charge in [-0.15, -0.1) is 12.4 Å². The zero-order chi connectivity index (χ0) is 15.6. The van der Waals surface area contributed by atoms with Crippen LogP contribution in [0, 0.1) is 13.8 Å². The van der Waals surface area contributed by atoms with Gasteiger partial charge >= 0.3 is 0 Å². The third kappa shape index (κ3) is 3.72. The number of aryl methyl sites for hydroxylation is 1. The minimum absolute atomic E-state index is 0. The number of benzene rings is 1. The molecule has 1 atom stereocenters. The molecular weight excluding hydrogens is 366 g/mol. The van der Waals surface area contributed by atoms with E-state index in [-0.39, 0.29) is 24.4 Å². The van der Waals surface area contributed by atoms with Crippen LogP contribution in [0.5, 0.6) is 0 Å². The molecule has 1 aromatic carbocycles. The molecule has 6 heteroatoms. The fraction of sp³-hybridized carbons (Fsp3) is 0.312. The van der Waals surface area contributed by atoms with Crippen molar-refractivity contribution in [3.05, 3.63) is 51.8 Å². The van der Waals surface area contributed by atoms with E-state index in [0.717, 1.165) is 21.5 Å². The lowest BCUT2D eigenvalue weighted by molar-refractivity contribution is 0.0940. The van der Waals surface area contributed by atoms with Crippen LogP contribution in [-0.4, -0.2) is 23.1 Å². The fourth-order valence-corrected chi connectivity index (χ4v) is 2.82. The molecule has 1 aromatic heterocycles. The Morgan fingerprint density at radius 2 is 2.00 bits per heavy atom. The molecule has 2 aromatic rings.